The summed E-state index contributed by atoms with van der Waals surface area (Å²) in [6, 6.07) is 17.9. The second-order valence-corrected chi connectivity index (χ2v) is 13.1. The molecular weight excluding hydrogens is 580 g/mol. The van der Waals surface area contributed by atoms with Crippen LogP contribution in [0.15, 0.2) is 65.6 Å². The fourth-order valence-electron chi connectivity index (χ4n) is 5.40. The second kappa shape index (κ2) is 14.3. The molecular formula is C34H42N2O7S. The van der Waals surface area contributed by atoms with E-state index >= 15 is 0 Å². The van der Waals surface area contributed by atoms with Crippen LogP contribution in [0.4, 0.5) is 10.5 Å². The van der Waals surface area contributed by atoms with Gasteiger partial charge >= 0.3 is 6.03 Å². The number of nitrogens with zero attached hydrogens (tertiary/aromatic N) is 2. The molecule has 0 N–H and O–H groups in total. The monoisotopic (exact) mass is 622 g/mol. The first-order chi connectivity index (χ1) is 21.3. The molecule has 2 aliphatic rings. The molecule has 3 aromatic rings. The fourth-order valence-corrected chi connectivity index (χ4v) is 6.31. The normalized spacial score (nSPS) is 15.4. The van der Waals surface area contributed by atoms with Crippen LogP contribution in [-0.4, -0.2) is 59.9 Å². The Morgan fingerprint density at radius 3 is 2.36 bits per heavy atom. The Bertz CT molecular complexity index is 1540. The van der Waals surface area contributed by atoms with E-state index in [1.807, 2.05) is 48.2 Å². The number of aryl methyl sites for hydroxylation is 1. The van der Waals surface area contributed by atoms with E-state index in [0.717, 1.165) is 41.1 Å². The third-order valence-electron chi connectivity index (χ3n) is 8.13. The number of amides is 2. The van der Waals surface area contributed by atoms with Crippen LogP contribution in [0.3, 0.4) is 0 Å². The molecule has 0 atom stereocenters. The molecule has 0 aromatic heterocycles. The zero-order valence-electron chi connectivity index (χ0n) is 25.8. The van der Waals surface area contributed by atoms with E-state index in [1.165, 1.54) is 19.3 Å². The number of anilines is 1. The van der Waals surface area contributed by atoms with Gasteiger partial charge < -0.3 is 19.1 Å². The van der Waals surface area contributed by atoms with Crippen molar-refractivity contribution in [2.24, 2.45) is 5.92 Å². The van der Waals surface area contributed by atoms with Crippen LogP contribution in [0.2, 0.25) is 0 Å². The third kappa shape index (κ3) is 8.04. The Labute approximate surface area is 260 Å². The highest BCUT2D eigenvalue weighted by Gasteiger charge is 2.28. The summed E-state index contributed by atoms with van der Waals surface area (Å²) in [7, 11) is -0.617. The average molecular weight is 623 g/mol. The highest BCUT2D eigenvalue weighted by Crippen LogP contribution is 2.36. The minimum Gasteiger partial charge on any atom is -0.496 e. The predicted octanol–water partition coefficient (Wildman–Crippen LogP) is 6.36. The Morgan fingerprint density at radius 1 is 0.864 bits per heavy atom. The summed E-state index contributed by atoms with van der Waals surface area (Å²) in [4.78, 5) is 17.4. The summed E-state index contributed by atoms with van der Waals surface area (Å²) >= 11 is 0. The van der Waals surface area contributed by atoms with E-state index < -0.39 is 10.1 Å². The molecule has 0 spiro atoms. The van der Waals surface area contributed by atoms with E-state index in [9.17, 15) is 13.2 Å². The lowest BCUT2D eigenvalue weighted by Crippen LogP contribution is -2.49. The Balaban J connectivity index is 1.20. The number of ether oxygens (including phenoxy) is 3. The molecule has 0 unspecified atom stereocenters. The van der Waals surface area contributed by atoms with Crippen molar-refractivity contribution in [2.75, 3.05) is 45.4 Å². The molecule has 1 aliphatic heterocycles. The molecule has 5 rings (SSSR count). The van der Waals surface area contributed by atoms with Crippen molar-refractivity contribution >= 4 is 21.8 Å². The minimum atomic E-state index is -3.83. The van der Waals surface area contributed by atoms with Crippen LogP contribution in [0.5, 0.6) is 17.2 Å². The maximum absolute atomic E-state index is 13.6. The van der Waals surface area contributed by atoms with Crippen molar-refractivity contribution < 1.29 is 31.6 Å². The molecule has 1 saturated carbocycles. The average Bonchev–Trinajstić information content (AvgIpc) is 3.85. The topological polar surface area (TPSA) is 94.6 Å². The van der Waals surface area contributed by atoms with Gasteiger partial charge in [0.15, 0.2) is 11.5 Å². The number of benzene rings is 3. The maximum Gasteiger partial charge on any atom is 0.324 e. The van der Waals surface area contributed by atoms with Gasteiger partial charge in [-0.15, -0.1) is 0 Å². The van der Waals surface area contributed by atoms with Crippen LogP contribution in [-0.2, 0) is 27.3 Å². The first-order valence-electron chi connectivity index (χ1n) is 15.3. The van der Waals surface area contributed by atoms with Gasteiger partial charge in [0.2, 0.25) is 0 Å². The SMILES string of the molecule is COc1cc(CCOS(=O)(=O)c2ccc(C)cc2)ccc1CN1CCCN(c2ccc(OC)c(OCCCC3CC3)c2)C1=O. The number of carbonyl (C=O) groups is 1. The third-order valence-corrected chi connectivity index (χ3v) is 9.46. The molecule has 0 radical (unpaired) electrons. The van der Waals surface area contributed by atoms with E-state index in [-0.39, 0.29) is 17.5 Å². The zero-order chi connectivity index (χ0) is 31.1. The first kappa shape index (κ1) is 31.7. The van der Waals surface area contributed by atoms with Crippen molar-refractivity contribution in [3.8, 4) is 17.2 Å². The van der Waals surface area contributed by atoms with E-state index in [1.54, 1.807) is 43.4 Å². The van der Waals surface area contributed by atoms with Crippen molar-refractivity contribution in [1.82, 2.24) is 4.90 Å². The summed E-state index contributed by atoms with van der Waals surface area (Å²) < 4.78 is 47.6. The van der Waals surface area contributed by atoms with Crippen LogP contribution < -0.4 is 19.1 Å². The predicted molar refractivity (Wildman–Crippen MR) is 169 cm³/mol. The van der Waals surface area contributed by atoms with Gasteiger partial charge in [-0.2, -0.15) is 8.42 Å². The number of carbonyl (C=O) groups excluding carboxylic acids is 1. The van der Waals surface area contributed by atoms with Crippen molar-refractivity contribution in [2.45, 2.75) is 56.9 Å². The van der Waals surface area contributed by atoms with Gasteiger partial charge in [0, 0.05) is 30.4 Å². The molecule has 1 saturated heterocycles. The highest BCUT2D eigenvalue weighted by atomic mass is 32.2. The lowest BCUT2D eigenvalue weighted by molar-refractivity contribution is 0.191. The minimum absolute atomic E-state index is 0.00631. The van der Waals surface area contributed by atoms with Crippen LogP contribution >= 0.6 is 0 Å². The largest absolute Gasteiger partial charge is 0.496 e. The van der Waals surface area contributed by atoms with Crippen molar-refractivity contribution in [3.05, 3.63) is 77.4 Å². The number of hydrogen-bond acceptors (Lipinski definition) is 7. The maximum atomic E-state index is 13.6. The van der Waals surface area contributed by atoms with E-state index in [2.05, 4.69) is 0 Å². The molecule has 1 heterocycles. The van der Waals surface area contributed by atoms with Gasteiger partial charge in [-0.1, -0.05) is 42.7 Å². The Kier molecular flexibility index (Phi) is 10.3. The standard InChI is InChI=1S/C34H42N2O7S/c1-25-7-14-30(15-8-25)44(38,39)43-21-17-27-11-12-28(32(22-27)41-3)24-35-18-5-19-36(34(35)37)29-13-16-31(40-2)33(23-29)42-20-4-6-26-9-10-26/h7-8,11-16,22-23,26H,4-6,9-10,17-21,24H2,1-3H3. The number of rotatable bonds is 15. The molecule has 44 heavy (non-hydrogen) atoms. The van der Waals surface area contributed by atoms with Crippen LogP contribution in [0.1, 0.15) is 48.8 Å². The molecule has 0 bridgehead atoms. The fraction of sp³-hybridized carbons (Fsp3) is 0.441. The Hall–Kier alpha value is -3.76. The van der Waals surface area contributed by atoms with Crippen LogP contribution in [0, 0.1) is 12.8 Å². The summed E-state index contributed by atoms with van der Waals surface area (Å²) in [6.45, 7) is 4.16. The smallest absolute Gasteiger partial charge is 0.324 e. The summed E-state index contributed by atoms with van der Waals surface area (Å²) in [5.74, 6) is 2.81. The number of hydrogen-bond donors (Lipinski definition) is 0. The van der Waals surface area contributed by atoms with E-state index in [0.29, 0.717) is 49.9 Å². The van der Waals surface area contributed by atoms with Gasteiger partial charge in [0.1, 0.15) is 5.75 Å². The lowest BCUT2D eigenvalue weighted by Gasteiger charge is -2.36. The van der Waals surface area contributed by atoms with Crippen molar-refractivity contribution in [3.63, 3.8) is 0 Å². The summed E-state index contributed by atoms with van der Waals surface area (Å²) in [6.07, 6.45) is 6.07. The zero-order valence-corrected chi connectivity index (χ0v) is 26.6. The number of methoxy groups -OCH3 is 2. The lowest BCUT2D eigenvalue weighted by atomic mass is 10.1. The van der Waals surface area contributed by atoms with Gasteiger partial charge in [0.25, 0.3) is 10.1 Å². The van der Waals surface area contributed by atoms with Gasteiger partial charge in [-0.25, -0.2) is 4.79 Å². The quantitative estimate of drug-likeness (QED) is 0.144. The molecule has 9 nitrogen and oxygen atoms in total. The summed E-state index contributed by atoms with van der Waals surface area (Å²) in [5, 5.41) is 0. The number of urea groups is 1. The second-order valence-electron chi connectivity index (χ2n) is 11.5. The van der Waals surface area contributed by atoms with Crippen LogP contribution in [0.25, 0.3) is 0 Å². The molecule has 236 valence electrons. The van der Waals surface area contributed by atoms with Gasteiger partial charge in [-0.3, -0.25) is 9.08 Å². The van der Waals surface area contributed by atoms with Gasteiger partial charge in [0.05, 0.1) is 38.9 Å². The molecule has 10 heteroatoms. The van der Waals surface area contributed by atoms with E-state index in [4.69, 9.17) is 18.4 Å². The molecule has 3 aromatic carbocycles. The first-order valence-corrected chi connectivity index (χ1v) is 16.7. The Morgan fingerprint density at radius 2 is 1.64 bits per heavy atom. The van der Waals surface area contributed by atoms with Crippen molar-refractivity contribution in [1.29, 1.82) is 0 Å². The molecule has 2 fully saturated rings. The molecule has 2 amide bonds. The highest BCUT2D eigenvalue weighted by molar-refractivity contribution is 7.86. The summed E-state index contributed by atoms with van der Waals surface area (Å²) in [5.41, 5.74) is 3.50. The molecule has 1 aliphatic carbocycles. The van der Waals surface area contributed by atoms with Gasteiger partial charge in [-0.05, 0) is 74.4 Å².